The fourth-order valence-electron chi connectivity index (χ4n) is 2.18. The summed E-state index contributed by atoms with van der Waals surface area (Å²) in [5.41, 5.74) is 1.21. The Balaban J connectivity index is 1.91. The van der Waals surface area contributed by atoms with Gasteiger partial charge in [-0.2, -0.15) is 0 Å². The summed E-state index contributed by atoms with van der Waals surface area (Å²) >= 11 is 0. The van der Waals surface area contributed by atoms with Crippen molar-refractivity contribution in [1.29, 1.82) is 0 Å². The van der Waals surface area contributed by atoms with Crippen molar-refractivity contribution in [2.45, 2.75) is 43.1 Å². The Labute approximate surface area is 94.4 Å². The van der Waals surface area contributed by atoms with Crippen molar-refractivity contribution >= 4 is 10.8 Å². The molecule has 15 heavy (non-hydrogen) atoms. The summed E-state index contributed by atoms with van der Waals surface area (Å²) in [6.45, 7) is 0. The van der Waals surface area contributed by atoms with Crippen LogP contribution in [0, 0.1) is 0 Å². The monoisotopic (exact) mass is 222 g/mol. The minimum absolute atomic E-state index is 0.457. The predicted octanol–water partition coefficient (Wildman–Crippen LogP) is 3.27. The highest BCUT2D eigenvalue weighted by molar-refractivity contribution is 7.84. The van der Waals surface area contributed by atoms with Gasteiger partial charge in [-0.05, 0) is 18.4 Å². The van der Waals surface area contributed by atoms with Crippen molar-refractivity contribution in [2.75, 3.05) is 0 Å². The highest BCUT2D eigenvalue weighted by Gasteiger charge is 2.19. The molecule has 1 fully saturated rings. The van der Waals surface area contributed by atoms with Crippen LogP contribution in [0.2, 0.25) is 0 Å². The summed E-state index contributed by atoms with van der Waals surface area (Å²) in [5.74, 6) is 0.742. The Morgan fingerprint density at radius 2 is 1.73 bits per heavy atom. The molecule has 1 unspecified atom stereocenters. The average Bonchev–Trinajstić information content (AvgIpc) is 2.31. The molecule has 1 aliphatic carbocycles. The molecule has 0 N–H and O–H groups in total. The Bertz CT molecular complexity index is 315. The van der Waals surface area contributed by atoms with Crippen molar-refractivity contribution in [1.82, 2.24) is 0 Å². The molecule has 2 rings (SSSR count). The van der Waals surface area contributed by atoms with Crippen LogP contribution in [-0.2, 0) is 16.6 Å². The lowest BCUT2D eigenvalue weighted by Gasteiger charge is -2.20. The van der Waals surface area contributed by atoms with Gasteiger partial charge in [-0.3, -0.25) is 4.21 Å². The molecule has 1 aromatic rings. The van der Waals surface area contributed by atoms with Crippen LogP contribution in [0.1, 0.15) is 37.7 Å². The van der Waals surface area contributed by atoms with E-state index in [-0.39, 0.29) is 0 Å². The van der Waals surface area contributed by atoms with Crippen LogP contribution in [0.15, 0.2) is 30.3 Å². The average molecular weight is 222 g/mol. The van der Waals surface area contributed by atoms with E-state index in [4.69, 9.17) is 0 Å². The fourth-order valence-corrected chi connectivity index (χ4v) is 3.80. The summed E-state index contributed by atoms with van der Waals surface area (Å²) in [4.78, 5) is 0. The molecule has 0 spiro atoms. The van der Waals surface area contributed by atoms with E-state index in [1.54, 1.807) is 0 Å². The van der Waals surface area contributed by atoms with E-state index in [2.05, 4.69) is 12.1 Å². The van der Waals surface area contributed by atoms with E-state index in [1.807, 2.05) is 18.2 Å². The zero-order valence-electron chi connectivity index (χ0n) is 9.02. The molecule has 0 aromatic heterocycles. The van der Waals surface area contributed by atoms with Gasteiger partial charge in [0.15, 0.2) is 0 Å². The Morgan fingerprint density at radius 1 is 1.07 bits per heavy atom. The highest BCUT2D eigenvalue weighted by Crippen LogP contribution is 2.23. The van der Waals surface area contributed by atoms with Gasteiger partial charge in [0.05, 0.1) is 0 Å². The van der Waals surface area contributed by atoms with Crippen LogP contribution in [0.25, 0.3) is 0 Å². The van der Waals surface area contributed by atoms with E-state index < -0.39 is 10.8 Å². The molecular weight excluding hydrogens is 204 g/mol. The Kier molecular flexibility index (Phi) is 3.95. The molecule has 0 saturated heterocycles. The van der Waals surface area contributed by atoms with Gasteiger partial charge in [-0.1, -0.05) is 49.6 Å². The Morgan fingerprint density at radius 3 is 2.40 bits per heavy atom. The van der Waals surface area contributed by atoms with Gasteiger partial charge in [-0.25, -0.2) is 0 Å². The van der Waals surface area contributed by atoms with Crippen molar-refractivity contribution in [3.8, 4) is 0 Å². The molecule has 0 aliphatic heterocycles. The van der Waals surface area contributed by atoms with Gasteiger partial charge in [-0.15, -0.1) is 0 Å². The normalized spacial score (nSPS) is 20.0. The molecule has 0 amide bonds. The summed E-state index contributed by atoms with van der Waals surface area (Å²) in [6, 6.07) is 10.2. The van der Waals surface area contributed by atoms with Crippen LogP contribution >= 0.6 is 0 Å². The van der Waals surface area contributed by atoms with E-state index >= 15 is 0 Å². The highest BCUT2D eigenvalue weighted by atomic mass is 32.2. The molecule has 0 bridgehead atoms. The lowest BCUT2D eigenvalue weighted by Crippen LogP contribution is -2.19. The molecular formula is C13H18OS. The number of hydrogen-bond acceptors (Lipinski definition) is 1. The smallest absolute Gasteiger partial charge is 0.0488 e. The van der Waals surface area contributed by atoms with Crippen LogP contribution in [0.3, 0.4) is 0 Å². The zero-order valence-corrected chi connectivity index (χ0v) is 9.84. The second kappa shape index (κ2) is 5.45. The van der Waals surface area contributed by atoms with Crippen molar-refractivity contribution in [2.24, 2.45) is 0 Å². The molecule has 82 valence electrons. The van der Waals surface area contributed by atoms with Crippen LogP contribution in [0.4, 0.5) is 0 Å². The van der Waals surface area contributed by atoms with E-state index in [0.29, 0.717) is 5.25 Å². The SMILES string of the molecule is O=S(Cc1ccccc1)C1CCCCC1. The molecule has 2 heteroatoms. The van der Waals surface area contributed by atoms with Gasteiger partial charge in [0.1, 0.15) is 0 Å². The van der Waals surface area contributed by atoms with Gasteiger partial charge in [0.25, 0.3) is 0 Å². The zero-order chi connectivity index (χ0) is 10.5. The minimum Gasteiger partial charge on any atom is -0.259 e. The lowest BCUT2D eigenvalue weighted by molar-refractivity contribution is 0.504. The number of hydrogen-bond donors (Lipinski definition) is 0. The first kappa shape index (κ1) is 10.9. The van der Waals surface area contributed by atoms with Crippen LogP contribution in [0.5, 0.6) is 0 Å². The topological polar surface area (TPSA) is 17.1 Å². The van der Waals surface area contributed by atoms with Crippen molar-refractivity contribution < 1.29 is 4.21 Å². The molecule has 0 radical (unpaired) electrons. The third-order valence-electron chi connectivity index (χ3n) is 3.08. The first-order valence-corrected chi connectivity index (χ1v) is 7.15. The summed E-state index contributed by atoms with van der Waals surface area (Å²) in [7, 11) is -0.657. The summed E-state index contributed by atoms with van der Waals surface area (Å²) in [5, 5.41) is 0.457. The predicted molar refractivity (Wildman–Crippen MR) is 65.2 cm³/mol. The standard InChI is InChI=1S/C13H18OS/c14-15(13-9-5-2-6-10-13)11-12-7-3-1-4-8-12/h1,3-4,7-8,13H,2,5-6,9-11H2. The maximum atomic E-state index is 12.1. The fraction of sp³-hybridized carbons (Fsp3) is 0.538. The quantitative estimate of drug-likeness (QED) is 0.767. The molecule has 1 aliphatic rings. The van der Waals surface area contributed by atoms with Crippen molar-refractivity contribution in [3.63, 3.8) is 0 Å². The molecule has 1 atom stereocenters. The van der Waals surface area contributed by atoms with Gasteiger partial charge >= 0.3 is 0 Å². The second-order valence-electron chi connectivity index (χ2n) is 4.27. The van der Waals surface area contributed by atoms with Crippen LogP contribution < -0.4 is 0 Å². The lowest BCUT2D eigenvalue weighted by atomic mass is 10.0. The van der Waals surface area contributed by atoms with Crippen LogP contribution in [-0.4, -0.2) is 9.46 Å². The van der Waals surface area contributed by atoms with Gasteiger partial charge in [0.2, 0.25) is 0 Å². The van der Waals surface area contributed by atoms with E-state index in [1.165, 1.54) is 37.7 Å². The first-order valence-electron chi connectivity index (χ1n) is 5.77. The maximum Gasteiger partial charge on any atom is 0.0488 e. The van der Waals surface area contributed by atoms with E-state index in [0.717, 1.165) is 5.75 Å². The van der Waals surface area contributed by atoms with Gasteiger partial charge < -0.3 is 0 Å². The molecule has 0 heterocycles. The molecule has 1 nitrogen and oxygen atoms in total. The summed E-state index contributed by atoms with van der Waals surface area (Å²) in [6.07, 6.45) is 6.20. The maximum absolute atomic E-state index is 12.1. The molecule has 1 aromatic carbocycles. The summed E-state index contributed by atoms with van der Waals surface area (Å²) < 4.78 is 12.1. The first-order chi connectivity index (χ1) is 7.36. The molecule has 1 saturated carbocycles. The Hall–Kier alpha value is -0.630. The van der Waals surface area contributed by atoms with Crippen molar-refractivity contribution in [3.05, 3.63) is 35.9 Å². The third kappa shape index (κ3) is 3.16. The number of rotatable bonds is 3. The van der Waals surface area contributed by atoms with E-state index in [9.17, 15) is 4.21 Å². The largest absolute Gasteiger partial charge is 0.259 e. The number of benzene rings is 1. The second-order valence-corrected chi connectivity index (χ2v) is 5.99. The minimum atomic E-state index is -0.657. The third-order valence-corrected chi connectivity index (χ3v) is 4.91. The van der Waals surface area contributed by atoms with Gasteiger partial charge in [0, 0.05) is 21.8 Å².